The SMILES string of the molecule is Cc1oc(-c2cccc(-c3cccs3)c2)nc1CCOc1ccc(CC(C)(Oc2cccc(Cl)c2)C(=O)O)cc1. The van der Waals surface area contributed by atoms with Crippen LogP contribution in [-0.2, 0) is 17.6 Å². The normalized spacial score (nSPS) is 12.6. The van der Waals surface area contributed by atoms with Crippen molar-refractivity contribution < 1.29 is 23.8 Å². The fraction of sp³-hybridized carbons (Fsp3) is 0.188. The Morgan fingerprint density at radius 2 is 1.77 bits per heavy atom. The maximum atomic E-state index is 12.1. The topological polar surface area (TPSA) is 81.8 Å². The van der Waals surface area contributed by atoms with Crippen molar-refractivity contribution in [3.05, 3.63) is 112 Å². The predicted molar refractivity (Wildman–Crippen MR) is 157 cm³/mol. The lowest BCUT2D eigenvalue weighted by Gasteiger charge is -2.26. The van der Waals surface area contributed by atoms with E-state index in [1.165, 1.54) is 4.88 Å². The van der Waals surface area contributed by atoms with Crippen molar-refractivity contribution in [1.29, 1.82) is 0 Å². The highest BCUT2D eigenvalue weighted by Crippen LogP contribution is 2.30. The molecule has 2 heterocycles. The molecule has 8 heteroatoms. The van der Waals surface area contributed by atoms with E-state index in [0.29, 0.717) is 35.4 Å². The number of aliphatic carboxylic acids is 1. The van der Waals surface area contributed by atoms with Gasteiger partial charge in [-0.15, -0.1) is 11.3 Å². The Morgan fingerprint density at radius 1 is 1.00 bits per heavy atom. The van der Waals surface area contributed by atoms with Crippen molar-refractivity contribution in [2.45, 2.75) is 32.3 Å². The quantitative estimate of drug-likeness (QED) is 0.172. The number of hydrogen-bond acceptors (Lipinski definition) is 6. The zero-order valence-corrected chi connectivity index (χ0v) is 23.7. The van der Waals surface area contributed by atoms with Crippen LogP contribution in [0.2, 0.25) is 5.02 Å². The number of ether oxygens (including phenoxy) is 2. The van der Waals surface area contributed by atoms with Gasteiger partial charge in [0.2, 0.25) is 11.5 Å². The molecule has 1 atom stereocenters. The van der Waals surface area contributed by atoms with Gasteiger partial charge in [-0.1, -0.05) is 48.0 Å². The summed E-state index contributed by atoms with van der Waals surface area (Å²) in [4.78, 5) is 18.0. The average molecular weight is 574 g/mol. The van der Waals surface area contributed by atoms with Crippen LogP contribution in [0.1, 0.15) is 23.9 Å². The van der Waals surface area contributed by atoms with Crippen LogP contribution in [-0.4, -0.2) is 28.3 Å². The van der Waals surface area contributed by atoms with Crippen LogP contribution in [0.3, 0.4) is 0 Å². The van der Waals surface area contributed by atoms with E-state index in [2.05, 4.69) is 23.6 Å². The number of oxazole rings is 1. The number of aromatic nitrogens is 1. The average Bonchev–Trinajstić information content (AvgIpc) is 3.60. The predicted octanol–water partition coefficient (Wildman–Crippen LogP) is 8.12. The van der Waals surface area contributed by atoms with Gasteiger partial charge in [0, 0.05) is 28.3 Å². The molecule has 3 aromatic carbocycles. The third-order valence-corrected chi connectivity index (χ3v) is 7.63. The van der Waals surface area contributed by atoms with Gasteiger partial charge >= 0.3 is 5.97 Å². The lowest BCUT2D eigenvalue weighted by atomic mass is 9.96. The first kappa shape index (κ1) is 27.5. The minimum absolute atomic E-state index is 0.170. The molecule has 0 fully saturated rings. The number of halogens is 1. The number of benzene rings is 3. The molecule has 0 saturated heterocycles. The Hall–Kier alpha value is -4.07. The number of carboxylic acids is 1. The standard InChI is InChI=1S/C32H28ClNO5S/c1-21-28(34-30(38-21)24-7-3-6-23(18-24)29-10-5-17-40-29)15-16-37-26-13-11-22(12-14-26)20-32(2,31(35)36)39-27-9-4-8-25(33)19-27/h3-14,17-19H,15-16,20H2,1-2H3,(H,35,36). The van der Waals surface area contributed by atoms with Crippen LogP contribution in [0.4, 0.5) is 0 Å². The number of carboxylic acid groups (broad SMARTS) is 1. The molecule has 0 aliphatic heterocycles. The molecule has 5 aromatic rings. The molecule has 1 N–H and O–H groups in total. The van der Waals surface area contributed by atoms with Gasteiger partial charge < -0.3 is 19.0 Å². The number of nitrogens with zero attached hydrogens (tertiary/aromatic N) is 1. The van der Waals surface area contributed by atoms with E-state index in [1.807, 2.05) is 49.4 Å². The number of carbonyl (C=O) groups is 1. The monoisotopic (exact) mass is 573 g/mol. The van der Waals surface area contributed by atoms with Crippen molar-refractivity contribution in [3.63, 3.8) is 0 Å². The van der Waals surface area contributed by atoms with E-state index in [0.717, 1.165) is 28.1 Å². The smallest absolute Gasteiger partial charge is 0.348 e. The number of aryl methyl sites for hydroxylation is 1. The van der Waals surface area contributed by atoms with Crippen LogP contribution in [0.5, 0.6) is 11.5 Å². The minimum Gasteiger partial charge on any atom is -0.493 e. The zero-order chi connectivity index (χ0) is 28.1. The third-order valence-electron chi connectivity index (χ3n) is 6.47. The zero-order valence-electron chi connectivity index (χ0n) is 22.1. The number of rotatable bonds is 11. The highest BCUT2D eigenvalue weighted by atomic mass is 35.5. The van der Waals surface area contributed by atoms with Crippen LogP contribution >= 0.6 is 22.9 Å². The fourth-order valence-electron chi connectivity index (χ4n) is 4.34. The van der Waals surface area contributed by atoms with E-state index in [1.54, 1.807) is 42.5 Å². The second kappa shape index (κ2) is 12.0. The molecule has 0 radical (unpaired) electrons. The largest absolute Gasteiger partial charge is 0.493 e. The molecule has 2 aromatic heterocycles. The first-order valence-electron chi connectivity index (χ1n) is 12.8. The number of thiophene rings is 1. The Labute approximate surface area is 241 Å². The lowest BCUT2D eigenvalue weighted by Crippen LogP contribution is -2.43. The van der Waals surface area contributed by atoms with Crippen LogP contribution in [0.25, 0.3) is 21.9 Å². The summed E-state index contributed by atoms with van der Waals surface area (Å²) < 4.78 is 17.8. The summed E-state index contributed by atoms with van der Waals surface area (Å²) >= 11 is 7.72. The van der Waals surface area contributed by atoms with Gasteiger partial charge in [0.25, 0.3) is 0 Å². The minimum atomic E-state index is -1.46. The fourth-order valence-corrected chi connectivity index (χ4v) is 5.24. The van der Waals surface area contributed by atoms with E-state index in [4.69, 9.17) is 30.5 Å². The van der Waals surface area contributed by atoms with Gasteiger partial charge in [-0.2, -0.15) is 0 Å². The lowest BCUT2D eigenvalue weighted by molar-refractivity contribution is -0.153. The molecule has 6 nitrogen and oxygen atoms in total. The molecular weight excluding hydrogens is 546 g/mol. The second-order valence-corrected chi connectivity index (χ2v) is 11.0. The Balaban J connectivity index is 1.19. The molecule has 0 aliphatic rings. The summed E-state index contributed by atoms with van der Waals surface area (Å²) in [6.07, 6.45) is 0.760. The van der Waals surface area contributed by atoms with Gasteiger partial charge in [0.05, 0.1) is 12.3 Å². The Bertz CT molecular complexity index is 1600. The molecular formula is C32H28ClNO5S. The molecule has 0 aliphatic carbocycles. The summed E-state index contributed by atoms with van der Waals surface area (Å²) in [6.45, 7) is 3.88. The molecule has 1 unspecified atom stereocenters. The Morgan fingerprint density at radius 3 is 2.50 bits per heavy atom. The maximum absolute atomic E-state index is 12.1. The molecule has 5 rings (SSSR count). The van der Waals surface area contributed by atoms with Gasteiger partial charge in [0.1, 0.15) is 17.3 Å². The summed E-state index contributed by atoms with van der Waals surface area (Å²) in [5.41, 5.74) is 2.27. The first-order chi connectivity index (χ1) is 19.3. The molecule has 0 bridgehead atoms. The maximum Gasteiger partial charge on any atom is 0.348 e. The second-order valence-electron chi connectivity index (χ2n) is 9.59. The highest BCUT2D eigenvalue weighted by molar-refractivity contribution is 7.13. The summed E-state index contributed by atoms with van der Waals surface area (Å²) in [7, 11) is 0. The van der Waals surface area contributed by atoms with Crippen molar-refractivity contribution in [2.75, 3.05) is 6.61 Å². The van der Waals surface area contributed by atoms with Crippen molar-refractivity contribution in [3.8, 4) is 33.4 Å². The summed E-state index contributed by atoms with van der Waals surface area (Å²) in [5.74, 6) is 1.38. The summed E-state index contributed by atoms with van der Waals surface area (Å²) in [5, 5.41) is 12.4. The van der Waals surface area contributed by atoms with Crippen molar-refractivity contribution in [2.24, 2.45) is 0 Å². The van der Waals surface area contributed by atoms with E-state index >= 15 is 0 Å². The number of hydrogen-bond donors (Lipinski definition) is 1. The molecule has 204 valence electrons. The summed E-state index contributed by atoms with van der Waals surface area (Å²) in [6, 6.07) is 26.4. The Kier molecular flexibility index (Phi) is 8.24. The van der Waals surface area contributed by atoms with Gasteiger partial charge in [-0.05, 0) is 78.9 Å². The highest BCUT2D eigenvalue weighted by Gasteiger charge is 2.36. The van der Waals surface area contributed by atoms with Gasteiger partial charge in [-0.3, -0.25) is 0 Å². The van der Waals surface area contributed by atoms with Crippen LogP contribution < -0.4 is 9.47 Å². The molecule has 0 amide bonds. The van der Waals surface area contributed by atoms with Crippen molar-refractivity contribution in [1.82, 2.24) is 4.98 Å². The third kappa shape index (κ3) is 6.55. The van der Waals surface area contributed by atoms with Crippen LogP contribution in [0.15, 0.2) is 94.7 Å². The van der Waals surface area contributed by atoms with Crippen molar-refractivity contribution >= 4 is 28.9 Å². The molecule has 40 heavy (non-hydrogen) atoms. The van der Waals surface area contributed by atoms with Crippen LogP contribution in [0, 0.1) is 6.92 Å². The first-order valence-corrected chi connectivity index (χ1v) is 14.1. The molecule has 0 spiro atoms. The molecule has 0 saturated carbocycles. The van der Waals surface area contributed by atoms with E-state index in [-0.39, 0.29) is 6.42 Å². The van der Waals surface area contributed by atoms with Gasteiger partial charge in [0.15, 0.2) is 0 Å². The van der Waals surface area contributed by atoms with E-state index < -0.39 is 11.6 Å². The van der Waals surface area contributed by atoms with Gasteiger partial charge in [-0.25, -0.2) is 9.78 Å². The van der Waals surface area contributed by atoms with E-state index in [9.17, 15) is 9.90 Å².